The number of aromatic carboxylic acids is 1. The molecule has 0 spiro atoms. The summed E-state index contributed by atoms with van der Waals surface area (Å²) < 4.78 is 6.89. The number of hydrogen-bond donors (Lipinski definition) is 1. The first-order valence-corrected chi connectivity index (χ1v) is 7.01. The van der Waals surface area contributed by atoms with Gasteiger partial charge in [0.15, 0.2) is 0 Å². The Balaban J connectivity index is 2.31. The predicted molar refractivity (Wildman–Crippen MR) is 80.7 cm³/mol. The fourth-order valence-corrected chi connectivity index (χ4v) is 2.04. The number of benzene rings is 1. The molecule has 2 aromatic rings. The minimum Gasteiger partial charge on any atom is -0.492 e. The zero-order chi connectivity index (χ0) is 16.1. The summed E-state index contributed by atoms with van der Waals surface area (Å²) in [5.74, 6) is -0.504. The van der Waals surface area contributed by atoms with Crippen molar-refractivity contribution in [3.05, 3.63) is 35.5 Å². The topological polar surface area (TPSA) is 88.1 Å². The summed E-state index contributed by atoms with van der Waals surface area (Å²) in [5.41, 5.74) is 1.70. The lowest BCUT2D eigenvalue weighted by Crippen LogP contribution is -2.04. The molecule has 1 heterocycles. The van der Waals surface area contributed by atoms with Gasteiger partial charge in [-0.25, -0.2) is 4.79 Å². The van der Waals surface area contributed by atoms with E-state index in [9.17, 15) is 10.1 Å². The molecule has 22 heavy (non-hydrogen) atoms. The van der Waals surface area contributed by atoms with Crippen LogP contribution in [0.15, 0.2) is 24.3 Å². The van der Waals surface area contributed by atoms with E-state index in [-0.39, 0.29) is 5.69 Å². The highest BCUT2D eigenvalue weighted by Gasteiger charge is 2.14. The van der Waals surface area contributed by atoms with Gasteiger partial charge < -0.3 is 9.84 Å². The summed E-state index contributed by atoms with van der Waals surface area (Å²) in [6.07, 6.45) is 1.95. The second kappa shape index (κ2) is 6.76. The first-order valence-electron chi connectivity index (χ1n) is 7.01. The maximum atomic E-state index is 11.1. The van der Waals surface area contributed by atoms with Crippen molar-refractivity contribution in [2.75, 3.05) is 6.61 Å². The molecule has 0 unspecified atom stereocenters. The highest BCUT2D eigenvalue weighted by molar-refractivity contribution is 5.87. The molecule has 0 saturated carbocycles. The van der Waals surface area contributed by atoms with Crippen LogP contribution in [0.1, 0.15) is 35.8 Å². The van der Waals surface area contributed by atoms with Gasteiger partial charge >= 0.3 is 5.97 Å². The zero-order valence-corrected chi connectivity index (χ0v) is 12.5. The maximum Gasteiger partial charge on any atom is 0.354 e. The van der Waals surface area contributed by atoms with Crippen molar-refractivity contribution in [2.24, 2.45) is 7.05 Å². The number of carboxylic acids is 1. The van der Waals surface area contributed by atoms with E-state index in [1.54, 1.807) is 25.2 Å². The standard InChI is InChI=1S/C16H17N3O3/c1-3-4-7-22-15-6-5-11(8-12(15)10-17)13-9-14(16(20)21)19(2)18-13/h5-6,8-9H,3-4,7H2,1-2H3,(H,20,21). The number of aryl methyl sites for hydroxylation is 1. The fourth-order valence-electron chi connectivity index (χ4n) is 2.04. The van der Waals surface area contributed by atoms with E-state index in [2.05, 4.69) is 18.1 Å². The van der Waals surface area contributed by atoms with Crippen LogP contribution in [0.4, 0.5) is 0 Å². The average Bonchev–Trinajstić information content (AvgIpc) is 2.90. The number of carboxylic acid groups (broad SMARTS) is 1. The molecule has 1 N–H and O–H groups in total. The van der Waals surface area contributed by atoms with Crippen molar-refractivity contribution in [3.63, 3.8) is 0 Å². The number of hydrogen-bond acceptors (Lipinski definition) is 4. The molecule has 1 aromatic carbocycles. The molecule has 2 rings (SSSR count). The molecule has 0 aliphatic carbocycles. The van der Waals surface area contributed by atoms with Gasteiger partial charge in [-0.1, -0.05) is 13.3 Å². The van der Waals surface area contributed by atoms with Gasteiger partial charge in [-0.2, -0.15) is 10.4 Å². The number of carbonyl (C=O) groups is 1. The number of rotatable bonds is 6. The number of ether oxygens (including phenoxy) is 1. The van der Waals surface area contributed by atoms with Crippen molar-refractivity contribution in [1.82, 2.24) is 9.78 Å². The van der Waals surface area contributed by atoms with Gasteiger partial charge in [0.05, 0.1) is 17.9 Å². The van der Waals surface area contributed by atoms with Crippen molar-refractivity contribution < 1.29 is 14.6 Å². The highest BCUT2D eigenvalue weighted by atomic mass is 16.5. The normalized spacial score (nSPS) is 10.2. The smallest absolute Gasteiger partial charge is 0.354 e. The number of unbranched alkanes of at least 4 members (excludes halogenated alkanes) is 1. The van der Waals surface area contributed by atoms with Crippen LogP contribution in [-0.2, 0) is 7.05 Å². The van der Waals surface area contributed by atoms with Crippen LogP contribution >= 0.6 is 0 Å². The van der Waals surface area contributed by atoms with E-state index < -0.39 is 5.97 Å². The van der Waals surface area contributed by atoms with Gasteiger partial charge in [0.2, 0.25) is 0 Å². The first-order chi connectivity index (χ1) is 10.6. The zero-order valence-electron chi connectivity index (χ0n) is 12.5. The van der Waals surface area contributed by atoms with E-state index in [0.717, 1.165) is 12.8 Å². The molecular formula is C16H17N3O3. The monoisotopic (exact) mass is 299 g/mol. The Morgan fingerprint density at radius 2 is 2.23 bits per heavy atom. The lowest BCUT2D eigenvalue weighted by molar-refractivity contribution is 0.0685. The van der Waals surface area contributed by atoms with Crippen LogP contribution in [0.5, 0.6) is 5.75 Å². The van der Waals surface area contributed by atoms with Gasteiger partial charge in [0, 0.05) is 12.6 Å². The van der Waals surface area contributed by atoms with Crippen molar-refractivity contribution in [2.45, 2.75) is 19.8 Å². The van der Waals surface area contributed by atoms with Crippen LogP contribution < -0.4 is 4.74 Å². The van der Waals surface area contributed by atoms with Gasteiger partial charge in [0.1, 0.15) is 17.5 Å². The summed E-state index contributed by atoms with van der Waals surface area (Å²) in [7, 11) is 1.57. The Morgan fingerprint density at radius 3 is 2.82 bits per heavy atom. The number of nitrogens with zero attached hydrogens (tertiary/aromatic N) is 3. The fraction of sp³-hybridized carbons (Fsp3) is 0.312. The third-order valence-electron chi connectivity index (χ3n) is 3.25. The summed E-state index contributed by atoms with van der Waals surface area (Å²) in [4.78, 5) is 11.1. The molecule has 114 valence electrons. The molecule has 6 nitrogen and oxygen atoms in total. The summed E-state index contributed by atoms with van der Waals surface area (Å²) in [6.45, 7) is 2.63. The lowest BCUT2D eigenvalue weighted by Gasteiger charge is -2.08. The quantitative estimate of drug-likeness (QED) is 0.828. The molecule has 0 aliphatic heterocycles. The average molecular weight is 299 g/mol. The second-order valence-electron chi connectivity index (χ2n) is 4.87. The third kappa shape index (κ3) is 3.26. The molecule has 0 saturated heterocycles. The van der Waals surface area contributed by atoms with E-state index >= 15 is 0 Å². The van der Waals surface area contributed by atoms with E-state index in [0.29, 0.717) is 29.2 Å². The van der Waals surface area contributed by atoms with E-state index in [4.69, 9.17) is 9.84 Å². The summed E-state index contributed by atoms with van der Waals surface area (Å²) in [6, 6.07) is 8.74. The van der Waals surface area contributed by atoms with Crippen LogP contribution in [0, 0.1) is 11.3 Å². The van der Waals surface area contributed by atoms with Gasteiger partial charge in [-0.05, 0) is 30.7 Å². The summed E-state index contributed by atoms with van der Waals surface area (Å²) >= 11 is 0. The Hall–Kier alpha value is -2.81. The summed E-state index contributed by atoms with van der Waals surface area (Å²) in [5, 5.41) is 22.5. The van der Waals surface area contributed by atoms with Gasteiger partial charge in [0.25, 0.3) is 0 Å². The Labute approximate surface area is 128 Å². The van der Waals surface area contributed by atoms with E-state index in [1.165, 1.54) is 10.7 Å². The van der Waals surface area contributed by atoms with E-state index in [1.807, 2.05) is 0 Å². The minimum atomic E-state index is -1.04. The molecule has 0 fully saturated rings. The van der Waals surface area contributed by atoms with Crippen LogP contribution in [0.2, 0.25) is 0 Å². The molecule has 0 aliphatic rings. The van der Waals surface area contributed by atoms with Crippen LogP contribution in [0.3, 0.4) is 0 Å². The second-order valence-corrected chi connectivity index (χ2v) is 4.87. The van der Waals surface area contributed by atoms with Gasteiger partial charge in [-0.15, -0.1) is 0 Å². The van der Waals surface area contributed by atoms with Crippen LogP contribution in [-0.4, -0.2) is 27.5 Å². The minimum absolute atomic E-state index is 0.0942. The predicted octanol–water partition coefficient (Wildman–Crippen LogP) is 2.84. The maximum absolute atomic E-state index is 11.1. The number of aromatic nitrogens is 2. The molecule has 1 aromatic heterocycles. The highest BCUT2D eigenvalue weighted by Crippen LogP contribution is 2.26. The molecule has 0 atom stereocenters. The van der Waals surface area contributed by atoms with Crippen molar-refractivity contribution in [3.8, 4) is 23.1 Å². The van der Waals surface area contributed by atoms with Crippen molar-refractivity contribution in [1.29, 1.82) is 5.26 Å². The van der Waals surface area contributed by atoms with Crippen LogP contribution in [0.25, 0.3) is 11.3 Å². The molecule has 0 amide bonds. The molecular weight excluding hydrogens is 282 g/mol. The van der Waals surface area contributed by atoms with Crippen molar-refractivity contribution >= 4 is 5.97 Å². The lowest BCUT2D eigenvalue weighted by atomic mass is 10.1. The molecule has 0 radical (unpaired) electrons. The van der Waals surface area contributed by atoms with Gasteiger partial charge in [-0.3, -0.25) is 4.68 Å². The SMILES string of the molecule is CCCCOc1ccc(-c2cc(C(=O)O)n(C)n2)cc1C#N. The Bertz CT molecular complexity index is 729. The molecule has 0 bridgehead atoms. The largest absolute Gasteiger partial charge is 0.492 e. The Morgan fingerprint density at radius 1 is 1.45 bits per heavy atom. The third-order valence-corrected chi connectivity index (χ3v) is 3.25. The Kier molecular flexibility index (Phi) is 4.79. The first kappa shape index (κ1) is 15.6. The molecule has 6 heteroatoms. The number of nitriles is 1.